The zero-order valence-corrected chi connectivity index (χ0v) is 37.0. The Morgan fingerprint density at radius 2 is 1.05 bits per heavy atom. The van der Waals surface area contributed by atoms with E-state index in [-0.39, 0.29) is 25.8 Å². The van der Waals surface area contributed by atoms with E-state index in [1.165, 1.54) is 77.0 Å². The number of hydrogen-bond donors (Lipinski definition) is 1. The Balaban J connectivity index is 4.09. The molecule has 0 radical (unpaired) electrons. The van der Waals surface area contributed by atoms with Crippen LogP contribution in [0.3, 0.4) is 0 Å². The molecule has 55 heavy (non-hydrogen) atoms. The van der Waals surface area contributed by atoms with Crippen molar-refractivity contribution in [3.8, 4) is 0 Å². The van der Waals surface area contributed by atoms with Crippen molar-refractivity contribution in [2.24, 2.45) is 0 Å². The Bertz CT molecular complexity index is 1060. The number of phosphoric acid groups is 1. The van der Waals surface area contributed by atoms with E-state index >= 15 is 0 Å². The number of carbonyl (C=O) groups is 1. The molecule has 0 spiro atoms. The lowest BCUT2D eigenvalue weighted by Crippen LogP contribution is -2.37. The van der Waals surface area contributed by atoms with Gasteiger partial charge in [0, 0.05) is 13.0 Å². The maximum atomic E-state index is 12.7. The summed E-state index contributed by atoms with van der Waals surface area (Å²) in [6.07, 6.45) is 48.3. The van der Waals surface area contributed by atoms with Crippen LogP contribution in [0.4, 0.5) is 0 Å². The minimum Gasteiger partial charge on any atom is -0.457 e. The number of unbranched alkanes of at least 4 members (excludes halogenated alkanes) is 16. The van der Waals surface area contributed by atoms with Gasteiger partial charge in [-0.05, 0) is 57.8 Å². The molecule has 0 aromatic heterocycles. The number of esters is 1. The van der Waals surface area contributed by atoms with Gasteiger partial charge in [0.1, 0.15) is 19.3 Å². The first-order valence-electron chi connectivity index (χ1n) is 22.0. The van der Waals surface area contributed by atoms with E-state index in [1.807, 2.05) is 21.1 Å². The van der Waals surface area contributed by atoms with Gasteiger partial charge in [0.2, 0.25) is 0 Å². The summed E-state index contributed by atoms with van der Waals surface area (Å²) >= 11 is 0. The molecule has 0 aromatic rings. The fraction of sp³-hybridized carbons (Fsp3) is 0.761. The number of rotatable bonds is 40. The molecule has 0 bridgehead atoms. The molecule has 9 heteroatoms. The van der Waals surface area contributed by atoms with Crippen LogP contribution in [0.15, 0.2) is 60.8 Å². The highest BCUT2D eigenvalue weighted by Crippen LogP contribution is 2.43. The topological polar surface area (TPSA) is 91.3 Å². The number of allylic oxidation sites excluding steroid dienone is 10. The lowest BCUT2D eigenvalue weighted by Gasteiger charge is -2.24. The molecular formula is C46H85NO7P+. The molecule has 0 saturated heterocycles. The summed E-state index contributed by atoms with van der Waals surface area (Å²) in [6.45, 7) is 5.47. The van der Waals surface area contributed by atoms with Crippen molar-refractivity contribution < 1.29 is 37.3 Å². The normalized spacial score (nSPS) is 14.4. The zero-order chi connectivity index (χ0) is 40.6. The van der Waals surface area contributed by atoms with Gasteiger partial charge in [-0.2, -0.15) is 0 Å². The number of nitrogens with zero attached hydrogens (tertiary/aromatic N) is 1. The molecule has 0 aliphatic carbocycles. The first-order valence-corrected chi connectivity index (χ1v) is 23.5. The van der Waals surface area contributed by atoms with Gasteiger partial charge in [-0.3, -0.25) is 13.8 Å². The van der Waals surface area contributed by atoms with Gasteiger partial charge >= 0.3 is 13.8 Å². The second-order valence-corrected chi connectivity index (χ2v) is 17.2. The van der Waals surface area contributed by atoms with Crippen molar-refractivity contribution in [1.29, 1.82) is 0 Å². The summed E-state index contributed by atoms with van der Waals surface area (Å²) in [6, 6.07) is 0. The van der Waals surface area contributed by atoms with Crippen LogP contribution in [-0.2, 0) is 27.9 Å². The Hall–Kier alpha value is -1.80. The Morgan fingerprint density at radius 3 is 1.58 bits per heavy atom. The van der Waals surface area contributed by atoms with Crippen LogP contribution in [0.25, 0.3) is 0 Å². The van der Waals surface area contributed by atoms with E-state index in [1.54, 1.807) is 0 Å². The van der Waals surface area contributed by atoms with Gasteiger partial charge in [-0.15, -0.1) is 0 Å². The standard InChI is InChI=1S/C46H84NO7P/c1-6-8-10-12-14-16-17-18-19-20-21-22-23-24-25-26-27-28-29-30-31-32-33-35-37-39-46(48)54-45(43-51-41-38-36-34-15-13-11-9-7-2)44-53-55(49,50)52-42-40-47(3,4)5/h8,10,14,16,18-19,21-22,24-25,45H,6-7,9,11-13,15,17,20,23,26-44H2,1-5H3/p+1/b10-8-,16-14-,19-18-,22-21-,25-24-. The van der Waals surface area contributed by atoms with Crippen molar-refractivity contribution in [1.82, 2.24) is 0 Å². The molecule has 0 aliphatic heterocycles. The second-order valence-electron chi connectivity index (χ2n) is 15.7. The van der Waals surface area contributed by atoms with Crippen LogP contribution < -0.4 is 0 Å². The van der Waals surface area contributed by atoms with Crippen LogP contribution >= 0.6 is 7.82 Å². The summed E-state index contributed by atoms with van der Waals surface area (Å²) in [5.41, 5.74) is 0. The lowest BCUT2D eigenvalue weighted by atomic mass is 10.1. The number of phosphoric ester groups is 1. The van der Waals surface area contributed by atoms with Crippen molar-refractivity contribution in [3.63, 3.8) is 0 Å². The van der Waals surface area contributed by atoms with Crippen molar-refractivity contribution in [2.45, 2.75) is 174 Å². The number of hydrogen-bond acceptors (Lipinski definition) is 6. The largest absolute Gasteiger partial charge is 0.472 e. The van der Waals surface area contributed by atoms with E-state index in [9.17, 15) is 14.3 Å². The number of quaternary nitrogens is 1. The van der Waals surface area contributed by atoms with Gasteiger partial charge in [-0.1, -0.05) is 164 Å². The van der Waals surface area contributed by atoms with Gasteiger partial charge < -0.3 is 18.9 Å². The smallest absolute Gasteiger partial charge is 0.457 e. The molecule has 320 valence electrons. The molecule has 0 rings (SSSR count). The lowest BCUT2D eigenvalue weighted by molar-refractivity contribution is -0.870. The average molecular weight is 795 g/mol. The summed E-state index contributed by atoms with van der Waals surface area (Å²) in [5, 5.41) is 0. The van der Waals surface area contributed by atoms with Crippen molar-refractivity contribution >= 4 is 13.8 Å². The van der Waals surface area contributed by atoms with Crippen LogP contribution in [0.2, 0.25) is 0 Å². The number of likely N-dealkylation sites (N-methyl/N-ethyl adjacent to an activating group) is 1. The zero-order valence-electron chi connectivity index (χ0n) is 36.1. The molecule has 1 N–H and O–H groups in total. The van der Waals surface area contributed by atoms with Crippen molar-refractivity contribution in [2.75, 3.05) is 54.1 Å². The van der Waals surface area contributed by atoms with Gasteiger partial charge in [0.15, 0.2) is 0 Å². The van der Waals surface area contributed by atoms with Gasteiger partial charge in [0.05, 0.1) is 34.4 Å². The minimum absolute atomic E-state index is 0.0858. The quantitative estimate of drug-likeness (QED) is 0.0217. The van der Waals surface area contributed by atoms with Crippen LogP contribution in [0.5, 0.6) is 0 Å². The van der Waals surface area contributed by atoms with E-state index < -0.39 is 13.9 Å². The summed E-state index contributed by atoms with van der Waals surface area (Å²) in [5.74, 6) is -0.324. The average Bonchev–Trinajstić information content (AvgIpc) is 3.13. The number of carbonyl (C=O) groups excluding carboxylic acids is 1. The van der Waals surface area contributed by atoms with Crippen molar-refractivity contribution in [3.05, 3.63) is 60.8 Å². The molecule has 0 aromatic carbocycles. The molecule has 0 heterocycles. The fourth-order valence-corrected chi connectivity index (χ4v) is 6.44. The van der Waals surface area contributed by atoms with Gasteiger partial charge in [0.25, 0.3) is 0 Å². The minimum atomic E-state index is -4.27. The monoisotopic (exact) mass is 795 g/mol. The first kappa shape index (κ1) is 53.2. The third-order valence-corrected chi connectivity index (χ3v) is 10.1. The SMILES string of the molecule is CC/C=C\C/C=C\C/C=C\C/C=C\C/C=C\CCCCCCCCCCCC(=O)OC(COCCCCCCCCCC)COP(=O)(O)OCC[N+](C)(C)C. The van der Waals surface area contributed by atoms with E-state index in [4.69, 9.17) is 18.5 Å². The van der Waals surface area contributed by atoms with E-state index in [0.29, 0.717) is 24.1 Å². The number of ether oxygens (including phenoxy) is 2. The molecule has 8 nitrogen and oxygen atoms in total. The molecular weight excluding hydrogens is 709 g/mol. The first-order chi connectivity index (χ1) is 26.6. The highest BCUT2D eigenvalue weighted by molar-refractivity contribution is 7.47. The summed E-state index contributed by atoms with van der Waals surface area (Å²) < 4.78 is 34.9. The molecule has 0 saturated carbocycles. The maximum Gasteiger partial charge on any atom is 0.472 e. The highest BCUT2D eigenvalue weighted by Gasteiger charge is 2.26. The molecule has 0 amide bonds. The van der Waals surface area contributed by atoms with Crippen LogP contribution in [-0.4, -0.2) is 75.6 Å². The Morgan fingerprint density at radius 1 is 0.582 bits per heavy atom. The third-order valence-electron chi connectivity index (χ3n) is 9.09. The predicted molar refractivity (Wildman–Crippen MR) is 233 cm³/mol. The van der Waals surface area contributed by atoms with Crippen LogP contribution in [0, 0.1) is 0 Å². The fourth-order valence-electron chi connectivity index (χ4n) is 5.70. The highest BCUT2D eigenvalue weighted by atomic mass is 31.2. The predicted octanol–water partition coefficient (Wildman–Crippen LogP) is 12.9. The van der Waals surface area contributed by atoms with E-state index in [0.717, 1.165) is 70.6 Å². The third kappa shape index (κ3) is 43.2. The maximum absolute atomic E-state index is 12.7. The second kappa shape index (κ2) is 39.0. The van der Waals surface area contributed by atoms with E-state index in [2.05, 4.69) is 74.6 Å². The summed E-state index contributed by atoms with van der Waals surface area (Å²) in [7, 11) is 1.66. The Labute approximate surface area is 339 Å². The summed E-state index contributed by atoms with van der Waals surface area (Å²) in [4.78, 5) is 22.8. The van der Waals surface area contributed by atoms with Crippen LogP contribution in [0.1, 0.15) is 168 Å². The molecule has 0 fully saturated rings. The van der Waals surface area contributed by atoms with Gasteiger partial charge in [-0.25, -0.2) is 4.57 Å². The molecule has 2 unspecified atom stereocenters. The Kier molecular flexibility index (Phi) is 37.8. The molecule has 2 atom stereocenters. The molecule has 0 aliphatic rings.